The van der Waals surface area contributed by atoms with Crippen molar-refractivity contribution in [2.24, 2.45) is 5.14 Å². The Kier molecular flexibility index (Phi) is 3.23. The quantitative estimate of drug-likeness (QED) is 0.773. The maximum Gasteiger partial charge on any atom is 0.417 e. The highest BCUT2D eigenvalue weighted by atomic mass is 79.9. The molecule has 0 unspecified atom stereocenters. The maximum absolute atomic E-state index is 12.5. The van der Waals surface area contributed by atoms with Crippen LogP contribution in [0.2, 0.25) is 0 Å². The summed E-state index contributed by atoms with van der Waals surface area (Å²) < 4.78 is 59.6. The van der Waals surface area contributed by atoms with Crippen LogP contribution in [0.5, 0.6) is 0 Å². The van der Waals surface area contributed by atoms with Crippen LogP contribution < -0.4 is 10.9 Å². The first-order valence-corrected chi connectivity index (χ1v) is 6.07. The van der Waals surface area contributed by atoms with E-state index in [4.69, 9.17) is 10.9 Å². The number of benzene rings is 1. The number of nitrogens with two attached hydrogens (primary N) is 2. The van der Waals surface area contributed by atoms with Crippen LogP contribution in [0.25, 0.3) is 0 Å². The minimum atomic E-state index is -4.84. The molecule has 0 bridgehead atoms. The van der Waals surface area contributed by atoms with Gasteiger partial charge in [-0.3, -0.25) is 0 Å². The molecule has 1 aromatic carbocycles. The molecule has 16 heavy (non-hydrogen) atoms. The van der Waals surface area contributed by atoms with Crippen molar-refractivity contribution in [3.05, 3.63) is 22.2 Å². The molecule has 0 amide bonds. The highest BCUT2D eigenvalue weighted by molar-refractivity contribution is 9.10. The molecule has 1 rings (SSSR count). The first-order chi connectivity index (χ1) is 7.05. The van der Waals surface area contributed by atoms with E-state index in [1.54, 1.807) is 0 Å². The zero-order valence-electron chi connectivity index (χ0n) is 7.55. The Balaban J connectivity index is 3.73. The van der Waals surface area contributed by atoms with Gasteiger partial charge in [0.15, 0.2) is 0 Å². The second-order valence-electron chi connectivity index (χ2n) is 2.88. The van der Waals surface area contributed by atoms with Crippen LogP contribution in [0.4, 0.5) is 18.9 Å². The molecule has 0 spiro atoms. The van der Waals surface area contributed by atoms with Gasteiger partial charge in [-0.1, -0.05) is 0 Å². The number of primary sulfonamides is 1. The number of hydrogen-bond acceptors (Lipinski definition) is 3. The van der Waals surface area contributed by atoms with Gasteiger partial charge in [-0.05, 0) is 28.1 Å². The Bertz CT molecular complexity index is 527. The van der Waals surface area contributed by atoms with Crippen LogP contribution in [0.3, 0.4) is 0 Å². The SMILES string of the molecule is Nc1c(Br)ccc(C(F)(F)F)c1S(N)(=O)=O. The lowest BCUT2D eigenvalue weighted by Gasteiger charge is -2.14. The first-order valence-electron chi connectivity index (χ1n) is 3.73. The number of hydrogen-bond donors (Lipinski definition) is 2. The minimum absolute atomic E-state index is 0.0320. The van der Waals surface area contributed by atoms with Gasteiger partial charge < -0.3 is 5.73 Å². The number of halogens is 4. The fourth-order valence-corrected chi connectivity index (χ4v) is 2.47. The van der Waals surface area contributed by atoms with E-state index in [-0.39, 0.29) is 4.47 Å². The second kappa shape index (κ2) is 3.90. The molecule has 0 aromatic heterocycles. The van der Waals surface area contributed by atoms with Gasteiger partial charge >= 0.3 is 6.18 Å². The summed E-state index contributed by atoms with van der Waals surface area (Å²) in [4.78, 5) is -1.12. The highest BCUT2D eigenvalue weighted by Gasteiger charge is 2.38. The molecule has 0 saturated carbocycles. The van der Waals surface area contributed by atoms with Crippen molar-refractivity contribution in [3.8, 4) is 0 Å². The van der Waals surface area contributed by atoms with Crippen molar-refractivity contribution in [3.63, 3.8) is 0 Å². The van der Waals surface area contributed by atoms with Crippen molar-refractivity contribution < 1.29 is 21.6 Å². The van der Waals surface area contributed by atoms with E-state index in [1.165, 1.54) is 0 Å². The summed E-state index contributed by atoms with van der Waals surface area (Å²) in [5.41, 5.74) is 3.32. The Hall–Kier alpha value is -0.800. The minimum Gasteiger partial charge on any atom is -0.397 e. The number of nitrogen functional groups attached to an aromatic ring is 1. The summed E-state index contributed by atoms with van der Waals surface area (Å²) in [5, 5.41) is 4.70. The van der Waals surface area contributed by atoms with Crippen LogP contribution in [0.1, 0.15) is 5.56 Å². The summed E-state index contributed by atoms with van der Waals surface area (Å²) in [5.74, 6) is 0. The molecule has 0 fully saturated rings. The van der Waals surface area contributed by atoms with Crippen LogP contribution in [-0.4, -0.2) is 8.42 Å². The van der Waals surface area contributed by atoms with E-state index in [0.29, 0.717) is 6.07 Å². The molecule has 0 radical (unpaired) electrons. The van der Waals surface area contributed by atoms with E-state index in [0.717, 1.165) is 6.07 Å². The van der Waals surface area contributed by atoms with Gasteiger partial charge in [0.05, 0.1) is 11.3 Å². The standard InChI is InChI=1S/C7H6BrF3N2O2S/c8-4-2-1-3(7(9,10)11)6(5(4)12)16(13,14)15/h1-2H,12H2,(H2,13,14,15). The van der Waals surface area contributed by atoms with E-state index >= 15 is 0 Å². The normalized spacial score (nSPS) is 12.8. The number of rotatable bonds is 1. The van der Waals surface area contributed by atoms with E-state index < -0.39 is 32.3 Å². The zero-order chi connectivity index (χ0) is 12.7. The fourth-order valence-electron chi connectivity index (χ4n) is 1.11. The second-order valence-corrected chi connectivity index (χ2v) is 5.23. The van der Waals surface area contributed by atoms with Crippen LogP contribution >= 0.6 is 15.9 Å². The lowest BCUT2D eigenvalue weighted by molar-refractivity contribution is -0.139. The van der Waals surface area contributed by atoms with Crippen LogP contribution in [0.15, 0.2) is 21.5 Å². The number of anilines is 1. The molecule has 0 aliphatic heterocycles. The van der Waals surface area contributed by atoms with Crippen LogP contribution in [-0.2, 0) is 16.2 Å². The highest BCUT2D eigenvalue weighted by Crippen LogP contribution is 2.39. The molecule has 4 nitrogen and oxygen atoms in total. The predicted octanol–water partition coefficient (Wildman–Crippen LogP) is 1.70. The molecule has 0 saturated heterocycles. The van der Waals surface area contributed by atoms with Gasteiger partial charge in [0, 0.05) is 4.47 Å². The largest absolute Gasteiger partial charge is 0.417 e. The Morgan fingerprint density at radius 2 is 1.75 bits per heavy atom. The lowest BCUT2D eigenvalue weighted by Crippen LogP contribution is -2.21. The molecule has 1 aromatic rings. The third kappa shape index (κ3) is 2.47. The summed E-state index contributed by atoms with van der Waals surface area (Å²) in [6.45, 7) is 0. The molecule has 0 aliphatic rings. The van der Waals surface area contributed by atoms with E-state index in [9.17, 15) is 21.6 Å². The number of alkyl halides is 3. The third-order valence-corrected chi connectivity index (χ3v) is 3.43. The summed E-state index contributed by atoms with van der Waals surface area (Å²) in [7, 11) is -4.54. The van der Waals surface area contributed by atoms with Crippen molar-refractivity contribution in [1.82, 2.24) is 0 Å². The van der Waals surface area contributed by atoms with Gasteiger partial charge in [-0.2, -0.15) is 13.2 Å². The third-order valence-electron chi connectivity index (χ3n) is 1.73. The predicted molar refractivity (Wildman–Crippen MR) is 54.9 cm³/mol. The average molecular weight is 319 g/mol. The number of sulfonamides is 1. The molecule has 0 atom stereocenters. The monoisotopic (exact) mass is 318 g/mol. The van der Waals surface area contributed by atoms with Crippen molar-refractivity contribution >= 4 is 31.6 Å². The molecular weight excluding hydrogens is 313 g/mol. The van der Waals surface area contributed by atoms with Gasteiger partial charge in [0.1, 0.15) is 4.90 Å². The molecule has 0 heterocycles. The average Bonchev–Trinajstić information content (AvgIpc) is 2.05. The van der Waals surface area contributed by atoms with E-state index in [2.05, 4.69) is 15.9 Å². The Morgan fingerprint density at radius 1 is 1.25 bits per heavy atom. The molecule has 9 heteroatoms. The summed E-state index contributed by atoms with van der Waals surface area (Å²) >= 11 is 2.83. The van der Waals surface area contributed by atoms with E-state index in [1.807, 2.05) is 0 Å². The molecular formula is C7H6BrF3N2O2S. The molecule has 90 valence electrons. The van der Waals surface area contributed by atoms with Gasteiger partial charge in [0.25, 0.3) is 0 Å². The fraction of sp³-hybridized carbons (Fsp3) is 0.143. The Morgan fingerprint density at radius 3 is 2.12 bits per heavy atom. The first kappa shape index (κ1) is 13.3. The lowest BCUT2D eigenvalue weighted by atomic mass is 10.2. The summed E-state index contributed by atoms with van der Waals surface area (Å²) in [6.07, 6.45) is -4.84. The van der Waals surface area contributed by atoms with Crippen molar-refractivity contribution in [1.29, 1.82) is 0 Å². The molecule has 0 aliphatic carbocycles. The topological polar surface area (TPSA) is 86.2 Å². The smallest absolute Gasteiger partial charge is 0.397 e. The Labute approximate surface area is 97.6 Å². The van der Waals surface area contributed by atoms with Gasteiger partial charge in [-0.15, -0.1) is 0 Å². The summed E-state index contributed by atoms with van der Waals surface area (Å²) in [6, 6.07) is 1.60. The van der Waals surface area contributed by atoms with Crippen molar-refractivity contribution in [2.45, 2.75) is 11.1 Å². The van der Waals surface area contributed by atoms with Gasteiger partial charge in [0.2, 0.25) is 10.0 Å². The maximum atomic E-state index is 12.5. The zero-order valence-corrected chi connectivity index (χ0v) is 9.95. The van der Waals surface area contributed by atoms with Gasteiger partial charge in [-0.25, -0.2) is 13.6 Å². The van der Waals surface area contributed by atoms with Crippen molar-refractivity contribution in [2.75, 3.05) is 5.73 Å². The molecule has 4 N–H and O–H groups in total. The van der Waals surface area contributed by atoms with Crippen LogP contribution in [0, 0.1) is 0 Å².